The molecule has 1 atom stereocenters. The summed E-state index contributed by atoms with van der Waals surface area (Å²) >= 11 is 0. The van der Waals surface area contributed by atoms with Crippen molar-refractivity contribution in [2.75, 3.05) is 7.11 Å². The Bertz CT molecular complexity index is 524. The first-order valence-electron chi connectivity index (χ1n) is 5.67. The van der Waals surface area contributed by atoms with Gasteiger partial charge in [0.2, 0.25) is 0 Å². The number of ether oxygens (including phenoxy) is 1. The Morgan fingerprint density at radius 2 is 2.21 bits per heavy atom. The highest BCUT2D eigenvalue weighted by atomic mass is 16.5. The molecule has 1 unspecified atom stereocenters. The van der Waals surface area contributed by atoms with Crippen LogP contribution in [-0.4, -0.2) is 33.2 Å². The van der Waals surface area contributed by atoms with Crippen LogP contribution in [0, 0.1) is 0 Å². The minimum atomic E-state index is -0.652. The number of nitrogens with one attached hydrogen (secondary N) is 1. The van der Waals surface area contributed by atoms with Crippen LogP contribution in [0.3, 0.4) is 0 Å². The maximum atomic E-state index is 11.7. The van der Waals surface area contributed by atoms with Gasteiger partial charge >= 0.3 is 0 Å². The second-order valence-corrected chi connectivity index (χ2v) is 3.93. The van der Waals surface area contributed by atoms with Gasteiger partial charge in [-0.3, -0.25) is 10.0 Å². The molecule has 0 saturated heterocycles. The number of methoxy groups -OCH3 is 1. The van der Waals surface area contributed by atoms with Crippen molar-refractivity contribution in [2.24, 2.45) is 0 Å². The maximum Gasteiger partial charge on any atom is 0.268 e. The molecule has 2 N–H and O–H groups in total. The average Bonchev–Trinajstić information content (AvgIpc) is 2.98. The van der Waals surface area contributed by atoms with Crippen molar-refractivity contribution in [1.29, 1.82) is 0 Å². The predicted molar refractivity (Wildman–Crippen MR) is 65.7 cm³/mol. The number of carbonyl (C=O) groups excluding carboxylic acids is 1. The lowest BCUT2D eigenvalue weighted by molar-refractivity contribution is -0.133. The van der Waals surface area contributed by atoms with Gasteiger partial charge in [0.25, 0.3) is 5.91 Å². The Kier molecular flexibility index (Phi) is 4.09. The monoisotopic (exact) mass is 262 g/mol. The molecule has 100 valence electrons. The van der Waals surface area contributed by atoms with Crippen LogP contribution in [0.1, 0.15) is 11.6 Å². The number of aromatic nitrogens is 3. The quantitative estimate of drug-likeness (QED) is 0.607. The first kappa shape index (κ1) is 13.0. The Morgan fingerprint density at radius 3 is 2.74 bits per heavy atom. The molecular formula is C12H14N4O3. The largest absolute Gasteiger partial charge is 0.497 e. The normalized spacial score (nSPS) is 11.9. The van der Waals surface area contributed by atoms with E-state index in [0.717, 1.165) is 11.3 Å². The van der Waals surface area contributed by atoms with E-state index < -0.39 is 11.9 Å². The third-order valence-electron chi connectivity index (χ3n) is 2.76. The lowest BCUT2D eigenvalue weighted by Gasteiger charge is -2.14. The van der Waals surface area contributed by atoms with Gasteiger partial charge in [-0.25, -0.2) is 10.2 Å². The van der Waals surface area contributed by atoms with Crippen molar-refractivity contribution in [3.05, 3.63) is 42.2 Å². The zero-order valence-corrected chi connectivity index (χ0v) is 10.4. The number of benzene rings is 1. The molecular weight excluding hydrogens is 248 g/mol. The molecule has 1 aromatic carbocycles. The fourth-order valence-electron chi connectivity index (χ4n) is 1.75. The van der Waals surface area contributed by atoms with Gasteiger partial charge in [0.1, 0.15) is 11.8 Å². The van der Waals surface area contributed by atoms with Crippen LogP contribution in [-0.2, 0) is 11.2 Å². The zero-order chi connectivity index (χ0) is 13.7. The summed E-state index contributed by atoms with van der Waals surface area (Å²) in [7, 11) is 1.59. The van der Waals surface area contributed by atoms with Gasteiger partial charge < -0.3 is 4.74 Å². The number of amides is 1. The van der Waals surface area contributed by atoms with Gasteiger partial charge in [-0.2, -0.15) is 0 Å². The van der Waals surface area contributed by atoms with Crippen LogP contribution in [0.4, 0.5) is 0 Å². The summed E-state index contributed by atoms with van der Waals surface area (Å²) in [6, 6.07) is 6.68. The summed E-state index contributed by atoms with van der Waals surface area (Å²) in [5, 5.41) is 16.2. The van der Waals surface area contributed by atoms with Crippen LogP contribution < -0.4 is 10.2 Å². The lowest BCUT2D eigenvalue weighted by Crippen LogP contribution is -2.32. The Labute approximate surface area is 109 Å². The number of hydrogen-bond donors (Lipinski definition) is 2. The second-order valence-electron chi connectivity index (χ2n) is 3.93. The summed E-state index contributed by atoms with van der Waals surface area (Å²) < 4.78 is 6.47. The van der Waals surface area contributed by atoms with Crippen LogP contribution in [0.2, 0.25) is 0 Å². The van der Waals surface area contributed by atoms with Gasteiger partial charge in [0.05, 0.1) is 13.3 Å². The van der Waals surface area contributed by atoms with E-state index >= 15 is 0 Å². The molecule has 0 radical (unpaired) electrons. The molecule has 2 rings (SSSR count). The molecule has 1 amide bonds. The number of rotatable bonds is 5. The van der Waals surface area contributed by atoms with Crippen molar-refractivity contribution < 1.29 is 14.7 Å². The Morgan fingerprint density at radius 1 is 1.47 bits per heavy atom. The van der Waals surface area contributed by atoms with Crippen LogP contribution in [0.25, 0.3) is 0 Å². The number of hydroxylamine groups is 1. The van der Waals surface area contributed by atoms with Gasteiger partial charge in [-0.05, 0) is 17.7 Å². The number of nitrogens with zero attached hydrogens (tertiary/aromatic N) is 3. The third kappa shape index (κ3) is 3.08. The highest BCUT2D eigenvalue weighted by Crippen LogP contribution is 2.17. The average molecular weight is 262 g/mol. The molecule has 0 bridgehead atoms. The number of hydrogen-bond acceptors (Lipinski definition) is 5. The SMILES string of the molecule is COc1ccc(CC(C(=O)NO)n2ccnn2)cc1. The van der Waals surface area contributed by atoms with Gasteiger partial charge in [-0.15, -0.1) is 5.10 Å². The molecule has 0 aliphatic carbocycles. The minimum Gasteiger partial charge on any atom is -0.497 e. The van der Waals surface area contributed by atoms with Crippen molar-refractivity contribution in [1.82, 2.24) is 20.5 Å². The smallest absolute Gasteiger partial charge is 0.268 e. The third-order valence-corrected chi connectivity index (χ3v) is 2.76. The summed E-state index contributed by atoms with van der Waals surface area (Å²) in [5.74, 6) is 0.203. The first-order valence-corrected chi connectivity index (χ1v) is 5.67. The Balaban J connectivity index is 2.18. The van der Waals surface area contributed by atoms with Crippen LogP contribution >= 0.6 is 0 Å². The fourth-order valence-corrected chi connectivity index (χ4v) is 1.75. The summed E-state index contributed by atoms with van der Waals surface area (Å²) in [4.78, 5) is 11.7. The van der Waals surface area contributed by atoms with Crippen molar-refractivity contribution in [3.8, 4) is 5.75 Å². The molecule has 0 fully saturated rings. The van der Waals surface area contributed by atoms with Gasteiger partial charge in [0, 0.05) is 12.6 Å². The zero-order valence-electron chi connectivity index (χ0n) is 10.4. The van der Waals surface area contributed by atoms with E-state index in [1.165, 1.54) is 10.9 Å². The lowest BCUT2D eigenvalue weighted by atomic mass is 10.1. The van der Waals surface area contributed by atoms with E-state index in [-0.39, 0.29) is 0 Å². The topological polar surface area (TPSA) is 89.3 Å². The molecule has 0 spiro atoms. The molecule has 19 heavy (non-hydrogen) atoms. The van der Waals surface area contributed by atoms with E-state index in [1.54, 1.807) is 18.8 Å². The van der Waals surface area contributed by atoms with Crippen LogP contribution in [0.15, 0.2) is 36.7 Å². The standard InChI is InChI=1S/C12H14N4O3/c1-19-10-4-2-9(3-5-10)8-11(12(17)14-18)16-7-6-13-15-16/h2-7,11,18H,8H2,1H3,(H,14,17). The van der Waals surface area contributed by atoms with Crippen LogP contribution in [0.5, 0.6) is 5.75 Å². The maximum absolute atomic E-state index is 11.7. The van der Waals surface area contributed by atoms with E-state index in [4.69, 9.17) is 9.94 Å². The van der Waals surface area contributed by atoms with Crippen molar-refractivity contribution in [2.45, 2.75) is 12.5 Å². The number of carbonyl (C=O) groups is 1. The first-order chi connectivity index (χ1) is 9.24. The molecule has 2 aromatic rings. The highest BCUT2D eigenvalue weighted by molar-refractivity contribution is 5.79. The van der Waals surface area contributed by atoms with E-state index in [2.05, 4.69) is 10.3 Å². The highest BCUT2D eigenvalue weighted by Gasteiger charge is 2.21. The molecule has 1 heterocycles. The molecule has 0 saturated carbocycles. The van der Waals surface area contributed by atoms with E-state index in [1.807, 2.05) is 24.3 Å². The minimum absolute atomic E-state index is 0.389. The summed E-state index contributed by atoms with van der Waals surface area (Å²) in [6.45, 7) is 0. The fraction of sp³-hybridized carbons (Fsp3) is 0.250. The predicted octanol–water partition coefficient (Wildman–Crippen LogP) is 0.576. The molecule has 0 aliphatic heterocycles. The Hall–Kier alpha value is -2.41. The van der Waals surface area contributed by atoms with Gasteiger partial charge in [-0.1, -0.05) is 17.3 Å². The van der Waals surface area contributed by atoms with Gasteiger partial charge in [0.15, 0.2) is 0 Å². The molecule has 7 heteroatoms. The molecule has 1 aromatic heterocycles. The summed E-state index contributed by atoms with van der Waals surface area (Å²) in [6.07, 6.45) is 3.44. The van der Waals surface area contributed by atoms with Crippen molar-refractivity contribution in [3.63, 3.8) is 0 Å². The van der Waals surface area contributed by atoms with Crippen molar-refractivity contribution >= 4 is 5.91 Å². The summed E-state index contributed by atoms with van der Waals surface area (Å²) in [5.41, 5.74) is 2.57. The molecule has 7 nitrogen and oxygen atoms in total. The van der Waals surface area contributed by atoms with E-state index in [9.17, 15) is 4.79 Å². The second kappa shape index (κ2) is 5.96. The van der Waals surface area contributed by atoms with E-state index in [0.29, 0.717) is 6.42 Å². The molecule has 0 aliphatic rings.